The molecule has 1 fully saturated rings. The molecule has 25 heavy (non-hydrogen) atoms. The smallest absolute Gasteiger partial charge is 0.238 e. The molecule has 0 unspecified atom stereocenters. The second kappa shape index (κ2) is 7.76. The normalized spacial score (nSPS) is 15.2. The fraction of sp³-hybridized carbons (Fsp3) is 0.412. The zero-order valence-electron chi connectivity index (χ0n) is 14.4. The molecule has 8 heteroatoms. The maximum Gasteiger partial charge on any atom is 0.238 e. The number of rotatable bonds is 5. The Labute approximate surface area is 152 Å². The van der Waals surface area contributed by atoms with Crippen molar-refractivity contribution >= 4 is 29.1 Å². The summed E-state index contributed by atoms with van der Waals surface area (Å²) in [4.78, 5) is 21.1. The average molecular weight is 364 g/mol. The minimum atomic E-state index is -0.0778. The number of aromatic nitrogens is 2. The summed E-state index contributed by atoms with van der Waals surface area (Å²) in [6, 6.07) is 5.16. The summed E-state index contributed by atoms with van der Waals surface area (Å²) in [5.74, 6) is 1.48. The number of nitrogens with one attached hydrogen (secondary N) is 1. The number of anilines is 2. The predicted molar refractivity (Wildman–Crippen MR) is 98.5 cm³/mol. The summed E-state index contributed by atoms with van der Waals surface area (Å²) in [6.45, 7) is 3.65. The van der Waals surface area contributed by atoms with E-state index in [0.717, 1.165) is 32.1 Å². The van der Waals surface area contributed by atoms with Gasteiger partial charge in [0.25, 0.3) is 0 Å². The maximum absolute atomic E-state index is 12.3. The van der Waals surface area contributed by atoms with Gasteiger partial charge in [-0.1, -0.05) is 11.6 Å². The lowest BCUT2D eigenvalue weighted by molar-refractivity contribution is -0.117. The highest BCUT2D eigenvalue weighted by molar-refractivity contribution is 6.31. The molecular formula is C17H22ClN5O2. The van der Waals surface area contributed by atoms with Crippen LogP contribution in [0, 0.1) is 0 Å². The van der Waals surface area contributed by atoms with Gasteiger partial charge in [0, 0.05) is 50.6 Å². The van der Waals surface area contributed by atoms with Crippen LogP contribution in [0.5, 0.6) is 5.75 Å². The van der Waals surface area contributed by atoms with Crippen LogP contribution in [-0.4, -0.2) is 60.2 Å². The summed E-state index contributed by atoms with van der Waals surface area (Å²) in [7, 11) is 3.55. The quantitative estimate of drug-likeness (QED) is 0.878. The molecule has 1 aromatic carbocycles. The fourth-order valence-corrected chi connectivity index (χ4v) is 3.11. The average Bonchev–Trinajstić information content (AvgIpc) is 3.02. The Morgan fingerprint density at radius 3 is 2.72 bits per heavy atom. The van der Waals surface area contributed by atoms with Crippen molar-refractivity contribution in [2.24, 2.45) is 7.05 Å². The summed E-state index contributed by atoms with van der Waals surface area (Å²) in [5, 5.41) is 3.43. The second-order valence-electron chi connectivity index (χ2n) is 5.99. The zero-order chi connectivity index (χ0) is 17.8. The van der Waals surface area contributed by atoms with Crippen LogP contribution in [0.2, 0.25) is 5.02 Å². The van der Waals surface area contributed by atoms with Gasteiger partial charge in [0.1, 0.15) is 5.75 Å². The predicted octanol–water partition coefficient (Wildman–Crippen LogP) is 1.84. The van der Waals surface area contributed by atoms with Crippen molar-refractivity contribution < 1.29 is 9.53 Å². The van der Waals surface area contributed by atoms with E-state index in [-0.39, 0.29) is 5.91 Å². The van der Waals surface area contributed by atoms with Crippen molar-refractivity contribution in [1.82, 2.24) is 14.5 Å². The highest BCUT2D eigenvalue weighted by Gasteiger charge is 2.21. The molecular weight excluding hydrogens is 342 g/mol. The van der Waals surface area contributed by atoms with E-state index in [9.17, 15) is 4.79 Å². The number of methoxy groups -OCH3 is 1. The molecule has 0 aliphatic carbocycles. The number of hydrogen-bond donors (Lipinski definition) is 1. The van der Waals surface area contributed by atoms with Gasteiger partial charge in [0.15, 0.2) is 0 Å². The Hall–Kier alpha value is -2.25. The van der Waals surface area contributed by atoms with Crippen molar-refractivity contribution in [2.45, 2.75) is 0 Å². The molecule has 1 aromatic heterocycles. The molecule has 1 aliphatic rings. The molecule has 2 heterocycles. The lowest BCUT2D eigenvalue weighted by Gasteiger charge is -2.34. The minimum absolute atomic E-state index is 0.0778. The van der Waals surface area contributed by atoms with Crippen LogP contribution in [0.4, 0.5) is 11.6 Å². The Kier molecular flexibility index (Phi) is 5.45. The van der Waals surface area contributed by atoms with Crippen molar-refractivity contribution in [3.05, 3.63) is 35.6 Å². The molecule has 0 spiro atoms. The highest BCUT2D eigenvalue weighted by atomic mass is 35.5. The molecule has 7 nitrogen and oxygen atoms in total. The van der Waals surface area contributed by atoms with Crippen LogP contribution in [0.1, 0.15) is 0 Å². The number of piperazine rings is 1. The fourth-order valence-electron chi connectivity index (χ4n) is 2.94. The van der Waals surface area contributed by atoms with Gasteiger partial charge >= 0.3 is 0 Å². The minimum Gasteiger partial charge on any atom is -0.495 e. The molecule has 0 bridgehead atoms. The number of benzene rings is 1. The van der Waals surface area contributed by atoms with E-state index in [4.69, 9.17) is 16.3 Å². The van der Waals surface area contributed by atoms with Gasteiger partial charge in [-0.25, -0.2) is 4.98 Å². The van der Waals surface area contributed by atoms with Crippen molar-refractivity contribution in [1.29, 1.82) is 0 Å². The van der Waals surface area contributed by atoms with Crippen LogP contribution in [0.25, 0.3) is 0 Å². The standard InChI is InChI=1S/C17H22ClN5O2/c1-21-6-5-19-17(21)23-9-7-22(8-10-23)12-16(24)20-14-11-13(18)3-4-15(14)25-2/h3-6,11H,7-10,12H2,1-2H3,(H,20,24). The van der Waals surface area contributed by atoms with Gasteiger partial charge in [0.2, 0.25) is 11.9 Å². The van der Waals surface area contributed by atoms with Crippen LogP contribution in [-0.2, 0) is 11.8 Å². The number of nitrogens with zero attached hydrogens (tertiary/aromatic N) is 4. The van der Waals surface area contributed by atoms with E-state index < -0.39 is 0 Å². The first-order valence-electron chi connectivity index (χ1n) is 8.15. The second-order valence-corrected chi connectivity index (χ2v) is 6.43. The molecule has 2 aromatic rings. The van der Waals surface area contributed by atoms with Crippen molar-refractivity contribution in [3.63, 3.8) is 0 Å². The van der Waals surface area contributed by atoms with Crippen molar-refractivity contribution in [3.8, 4) is 5.75 Å². The number of ether oxygens (including phenoxy) is 1. The Bertz CT molecular complexity index is 740. The SMILES string of the molecule is COc1ccc(Cl)cc1NC(=O)CN1CCN(c2nccn2C)CC1. The summed E-state index contributed by atoms with van der Waals surface area (Å²) in [5.41, 5.74) is 0.589. The molecule has 1 saturated heterocycles. The van der Waals surface area contributed by atoms with Crippen LogP contribution < -0.4 is 15.0 Å². The first-order chi connectivity index (χ1) is 12.1. The first kappa shape index (κ1) is 17.6. The topological polar surface area (TPSA) is 62.6 Å². The van der Waals surface area contributed by atoms with Gasteiger partial charge in [0.05, 0.1) is 19.3 Å². The zero-order valence-corrected chi connectivity index (χ0v) is 15.2. The number of halogens is 1. The van der Waals surface area contributed by atoms with Gasteiger partial charge in [-0.05, 0) is 18.2 Å². The van der Waals surface area contributed by atoms with Crippen LogP contribution >= 0.6 is 11.6 Å². The van der Waals surface area contributed by atoms with E-state index in [1.165, 1.54) is 0 Å². The van der Waals surface area contributed by atoms with Gasteiger partial charge < -0.3 is 19.5 Å². The highest BCUT2D eigenvalue weighted by Crippen LogP contribution is 2.27. The third-order valence-electron chi connectivity index (χ3n) is 4.25. The van der Waals surface area contributed by atoms with E-state index in [1.807, 2.05) is 17.8 Å². The van der Waals surface area contributed by atoms with Crippen LogP contribution in [0.15, 0.2) is 30.6 Å². The third-order valence-corrected chi connectivity index (χ3v) is 4.49. The molecule has 1 amide bonds. The number of carbonyl (C=O) groups excluding carboxylic acids is 1. The van der Waals surface area contributed by atoms with Gasteiger partial charge in [-0.2, -0.15) is 0 Å². The molecule has 0 atom stereocenters. The molecule has 1 aliphatic heterocycles. The Balaban J connectivity index is 1.53. The van der Waals surface area contributed by atoms with E-state index in [0.29, 0.717) is 23.0 Å². The number of aryl methyl sites for hydroxylation is 1. The van der Waals surface area contributed by atoms with E-state index in [2.05, 4.69) is 20.1 Å². The lowest BCUT2D eigenvalue weighted by Crippen LogP contribution is -2.49. The number of amides is 1. The Morgan fingerprint density at radius 1 is 1.32 bits per heavy atom. The molecule has 1 N–H and O–H groups in total. The maximum atomic E-state index is 12.3. The number of imidazole rings is 1. The van der Waals surface area contributed by atoms with E-state index in [1.54, 1.807) is 31.5 Å². The summed E-state index contributed by atoms with van der Waals surface area (Å²) < 4.78 is 7.26. The first-order valence-corrected chi connectivity index (χ1v) is 8.52. The number of hydrogen-bond acceptors (Lipinski definition) is 5. The molecule has 0 radical (unpaired) electrons. The lowest BCUT2D eigenvalue weighted by atomic mass is 10.2. The Morgan fingerprint density at radius 2 is 2.08 bits per heavy atom. The molecule has 3 rings (SSSR count). The third kappa shape index (κ3) is 4.24. The molecule has 0 saturated carbocycles. The van der Waals surface area contributed by atoms with Crippen molar-refractivity contribution in [2.75, 3.05) is 50.1 Å². The number of carbonyl (C=O) groups is 1. The van der Waals surface area contributed by atoms with Crippen LogP contribution in [0.3, 0.4) is 0 Å². The summed E-state index contributed by atoms with van der Waals surface area (Å²) in [6.07, 6.45) is 3.74. The van der Waals surface area contributed by atoms with Gasteiger partial charge in [-0.15, -0.1) is 0 Å². The monoisotopic (exact) mass is 363 g/mol. The largest absolute Gasteiger partial charge is 0.495 e. The molecule has 134 valence electrons. The summed E-state index contributed by atoms with van der Waals surface area (Å²) >= 11 is 6.00. The van der Waals surface area contributed by atoms with Gasteiger partial charge in [-0.3, -0.25) is 9.69 Å². The van der Waals surface area contributed by atoms with E-state index >= 15 is 0 Å².